The average Bonchev–Trinajstić information content (AvgIpc) is 3.25. The molecule has 0 radical (unpaired) electrons. The summed E-state index contributed by atoms with van der Waals surface area (Å²) in [7, 11) is 0. The lowest BCUT2D eigenvalue weighted by molar-refractivity contribution is 0.257. The lowest BCUT2D eigenvalue weighted by Gasteiger charge is -2.32. The van der Waals surface area contributed by atoms with E-state index in [4.69, 9.17) is 9.97 Å². The first-order valence-electron chi connectivity index (χ1n) is 9.29. The summed E-state index contributed by atoms with van der Waals surface area (Å²) in [5.74, 6) is 1.28. The number of rotatable bonds is 2. The summed E-state index contributed by atoms with van der Waals surface area (Å²) in [5, 5.41) is 0. The number of hydrogen-bond donors (Lipinski definition) is 2. The Morgan fingerprint density at radius 1 is 1.08 bits per heavy atom. The van der Waals surface area contributed by atoms with E-state index in [1.54, 1.807) is 0 Å². The molecule has 2 fully saturated rings. The van der Waals surface area contributed by atoms with E-state index in [1.807, 2.05) is 31.2 Å². The summed E-state index contributed by atoms with van der Waals surface area (Å²) in [6.45, 7) is 3.02. The van der Waals surface area contributed by atoms with E-state index >= 15 is 0 Å². The van der Waals surface area contributed by atoms with Gasteiger partial charge in [0.1, 0.15) is 17.2 Å². The van der Waals surface area contributed by atoms with Crippen LogP contribution in [0.5, 0.6) is 0 Å². The Morgan fingerprint density at radius 3 is 2.77 bits per heavy atom. The molecule has 3 atom stereocenters. The van der Waals surface area contributed by atoms with Crippen molar-refractivity contribution in [3.63, 3.8) is 0 Å². The molecule has 134 valence electrons. The minimum atomic E-state index is -0.228. The monoisotopic (exact) mass is 351 g/mol. The summed E-state index contributed by atoms with van der Waals surface area (Å²) in [5.41, 5.74) is 10.5. The molecular formula is C20H22FN5. The summed E-state index contributed by atoms with van der Waals surface area (Å²) >= 11 is 0. The highest BCUT2D eigenvalue weighted by Gasteiger charge is 2.36. The van der Waals surface area contributed by atoms with E-state index in [0.29, 0.717) is 18.0 Å². The topological polar surface area (TPSA) is 54.8 Å². The van der Waals surface area contributed by atoms with Crippen LogP contribution in [0.1, 0.15) is 31.0 Å². The highest BCUT2D eigenvalue weighted by molar-refractivity contribution is 5.77. The molecule has 0 amide bonds. The van der Waals surface area contributed by atoms with Gasteiger partial charge in [-0.15, -0.1) is 0 Å². The van der Waals surface area contributed by atoms with Gasteiger partial charge in [-0.3, -0.25) is 10.9 Å². The molecule has 0 bridgehead atoms. The Balaban J connectivity index is 1.65. The largest absolute Gasteiger partial charge is 0.306 e. The predicted octanol–water partition coefficient (Wildman–Crippen LogP) is 3.36. The molecule has 2 N–H and O–H groups in total. The summed E-state index contributed by atoms with van der Waals surface area (Å²) in [6.07, 6.45) is 3.32. The number of nitrogens with one attached hydrogen (secondary N) is 2. The fourth-order valence-corrected chi connectivity index (χ4v) is 4.43. The van der Waals surface area contributed by atoms with Gasteiger partial charge in [0, 0.05) is 29.9 Å². The third kappa shape index (κ3) is 2.61. The number of fused-ring (bicyclic) bond motifs is 2. The van der Waals surface area contributed by atoms with E-state index in [-0.39, 0.29) is 5.82 Å². The second-order valence-electron chi connectivity index (χ2n) is 7.47. The van der Waals surface area contributed by atoms with Gasteiger partial charge >= 0.3 is 0 Å². The molecule has 2 aliphatic rings. The number of benzene rings is 1. The molecule has 1 aliphatic carbocycles. The van der Waals surface area contributed by atoms with Crippen molar-refractivity contribution >= 4 is 11.2 Å². The van der Waals surface area contributed by atoms with Crippen LogP contribution < -0.4 is 10.9 Å². The van der Waals surface area contributed by atoms with Crippen molar-refractivity contribution in [1.82, 2.24) is 25.4 Å². The van der Waals surface area contributed by atoms with Gasteiger partial charge in [-0.2, -0.15) is 0 Å². The van der Waals surface area contributed by atoms with Crippen molar-refractivity contribution in [3.8, 4) is 11.4 Å². The Bertz CT molecular complexity index is 949. The maximum atomic E-state index is 13.4. The third-order valence-electron chi connectivity index (χ3n) is 5.75. The smallest absolute Gasteiger partial charge is 0.160 e. The van der Waals surface area contributed by atoms with E-state index in [0.717, 1.165) is 54.1 Å². The lowest BCUT2D eigenvalue weighted by Crippen LogP contribution is -2.36. The van der Waals surface area contributed by atoms with Gasteiger partial charge in [0.05, 0.1) is 0 Å². The highest BCUT2D eigenvalue weighted by atomic mass is 19.1. The molecule has 3 unspecified atom stereocenters. The van der Waals surface area contributed by atoms with Crippen LogP contribution >= 0.6 is 0 Å². The standard InChI is InChI=1S/C20H22FN5/c1-12-2-8-18-20(23-12)26(16-7-9-17-14(10-16)11-22-25-17)19(24-18)13-3-5-15(21)6-4-13/h2-6,8,14,16-17,22,25H,7,9-11H2,1H3. The Kier molecular flexibility index (Phi) is 3.76. The number of aryl methyl sites for hydroxylation is 1. The van der Waals surface area contributed by atoms with Crippen molar-refractivity contribution < 1.29 is 4.39 Å². The van der Waals surface area contributed by atoms with Crippen LogP contribution in [-0.2, 0) is 0 Å². The second kappa shape index (κ2) is 6.14. The van der Waals surface area contributed by atoms with Crippen LogP contribution in [0.3, 0.4) is 0 Å². The second-order valence-corrected chi connectivity index (χ2v) is 7.47. The number of nitrogens with zero attached hydrogens (tertiary/aromatic N) is 3. The van der Waals surface area contributed by atoms with Crippen LogP contribution in [-0.4, -0.2) is 27.1 Å². The van der Waals surface area contributed by atoms with E-state index < -0.39 is 0 Å². The van der Waals surface area contributed by atoms with Crippen molar-refractivity contribution in [2.24, 2.45) is 5.92 Å². The fourth-order valence-electron chi connectivity index (χ4n) is 4.43. The maximum Gasteiger partial charge on any atom is 0.160 e. The molecule has 0 spiro atoms. The van der Waals surface area contributed by atoms with Crippen LogP contribution in [0.4, 0.5) is 4.39 Å². The van der Waals surface area contributed by atoms with Gasteiger partial charge in [0.15, 0.2) is 5.65 Å². The minimum absolute atomic E-state index is 0.228. The van der Waals surface area contributed by atoms with Crippen molar-refractivity contribution in [1.29, 1.82) is 0 Å². The van der Waals surface area contributed by atoms with Crippen molar-refractivity contribution in [3.05, 3.63) is 47.9 Å². The fraction of sp³-hybridized carbons (Fsp3) is 0.400. The average molecular weight is 351 g/mol. The van der Waals surface area contributed by atoms with E-state index in [9.17, 15) is 4.39 Å². The Hall–Kier alpha value is -2.31. The summed E-state index contributed by atoms with van der Waals surface area (Å²) in [6, 6.07) is 11.6. The first-order chi connectivity index (χ1) is 12.7. The van der Waals surface area contributed by atoms with Gasteiger partial charge in [0.25, 0.3) is 0 Å². The van der Waals surface area contributed by atoms with Gasteiger partial charge < -0.3 is 4.57 Å². The van der Waals surface area contributed by atoms with Gasteiger partial charge in [0.2, 0.25) is 0 Å². The normalized spacial score (nSPS) is 25.5. The molecular weight excluding hydrogens is 329 g/mol. The quantitative estimate of drug-likeness (QED) is 0.743. The van der Waals surface area contributed by atoms with Crippen molar-refractivity contribution in [2.75, 3.05) is 6.54 Å². The molecule has 1 saturated carbocycles. The molecule has 1 aliphatic heterocycles. The molecule has 1 aromatic carbocycles. The summed E-state index contributed by atoms with van der Waals surface area (Å²) < 4.78 is 15.7. The zero-order valence-corrected chi connectivity index (χ0v) is 14.7. The minimum Gasteiger partial charge on any atom is -0.306 e. The summed E-state index contributed by atoms with van der Waals surface area (Å²) in [4.78, 5) is 9.66. The number of imidazole rings is 1. The van der Waals surface area contributed by atoms with E-state index in [1.165, 1.54) is 12.1 Å². The number of halogens is 1. The lowest BCUT2D eigenvalue weighted by atomic mass is 9.82. The molecule has 5 rings (SSSR count). The van der Waals surface area contributed by atoms with Gasteiger partial charge in [-0.05, 0) is 68.5 Å². The molecule has 3 aromatic rings. The number of aromatic nitrogens is 3. The SMILES string of the molecule is Cc1ccc2nc(-c3ccc(F)cc3)n(C3CCC4NNCC4C3)c2n1. The molecule has 26 heavy (non-hydrogen) atoms. The van der Waals surface area contributed by atoms with Crippen LogP contribution in [0, 0.1) is 18.7 Å². The third-order valence-corrected chi connectivity index (χ3v) is 5.75. The molecule has 1 saturated heterocycles. The number of pyridine rings is 1. The van der Waals surface area contributed by atoms with Gasteiger partial charge in [-0.25, -0.2) is 14.4 Å². The highest BCUT2D eigenvalue weighted by Crippen LogP contribution is 2.38. The number of hydrazine groups is 1. The van der Waals surface area contributed by atoms with Crippen LogP contribution in [0.15, 0.2) is 36.4 Å². The number of hydrogen-bond acceptors (Lipinski definition) is 4. The molecule has 5 nitrogen and oxygen atoms in total. The molecule has 3 heterocycles. The zero-order chi connectivity index (χ0) is 17.7. The van der Waals surface area contributed by atoms with Crippen LogP contribution in [0.2, 0.25) is 0 Å². The van der Waals surface area contributed by atoms with Crippen molar-refractivity contribution in [2.45, 2.75) is 38.3 Å². The first kappa shape index (κ1) is 15.9. The van der Waals surface area contributed by atoms with Crippen LogP contribution in [0.25, 0.3) is 22.6 Å². The van der Waals surface area contributed by atoms with Gasteiger partial charge in [-0.1, -0.05) is 0 Å². The Labute approximate surface area is 151 Å². The predicted molar refractivity (Wildman–Crippen MR) is 99.0 cm³/mol. The maximum absolute atomic E-state index is 13.4. The Morgan fingerprint density at radius 2 is 1.92 bits per heavy atom. The molecule has 2 aromatic heterocycles. The zero-order valence-electron chi connectivity index (χ0n) is 14.7. The van der Waals surface area contributed by atoms with E-state index in [2.05, 4.69) is 15.4 Å². The molecule has 6 heteroatoms. The first-order valence-corrected chi connectivity index (χ1v) is 9.29.